The summed E-state index contributed by atoms with van der Waals surface area (Å²) in [7, 11) is -3.27. The van der Waals surface area contributed by atoms with Crippen LogP contribution < -0.4 is 9.64 Å². The lowest BCUT2D eigenvalue weighted by Gasteiger charge is -2.27. The van der Waals surface area contributed by atoms with E-state index in [2.05, 4.69) is 0 Å². The lowest BCUT2D eigenvalue weighted by atomic mass is 10.1. The van der Waals surface area contributed by atoms with Gasteiger partial charge in [0.15, 0.2) is 16.4 Å². The number of rotatable bonds is 5. The van der Waals surface area contributed by atoms with Gasteiger partial charge in [-0.25, -0.2) is 8.42 Å². The number of aryl methyl sites for hydroxylation is 1. The maximum Gasteiger partial charge on any atom is 0.265 e. The maximum atomic E-state index is 12.8. The van der Waals surface area contributed by atoms with Crippen LogP contribution in [0, 0.1) is 6.92 Å². The van der Waals surface area contributed by atoms with Crippen LogP contribution in [0.5, 0.6) is 5.75 Å². The molecule has 0 radical (unpaired) electrons. The Bertz CT molecular complexity index is 873. The first-order valence-electron chi connectivity index (χ1n) is 7.92. The van der Waals surface area contributed by atoms with Crippen molar-refractivity contribution in [3.63, 3.8) is 0 Å². The molecule has 0 aromatic heterocycles. The number of hydrogen-bond acceptors (Lipinski definition) is 4. The van der Waals surface area contributed by atoms with Crippen LogP contribution in [0.1, 0.15) is 5.56 Å². The number of para-hydroxylation sites is 1. The molecular weight excluding hydrogens is 338 g/mol. The van der Waals surface area contributed by atoms with Gasteiger partial charge in [-0.3, -0.25) is 4.79 Å². The van der Waals surface area contributed by atoms with E-state index >= 15 is 0 Å². The quantitative estimate of drug-likeness (QED) is 0.825. The van der Waals surface area contributed by atoms with Crippen molar-refractivity contribution in [2.45, 2.75) is 13.0 Å². The van der Waals surface area contributed by atoms with Crippen LogP contribution in [0.25, 0.3) is 0 Å². The van der Waals surface area contributed by atoms with Crippen LogP contribution in [0.3, 0.4) is 0 Å². The largest absolute Gasteiger partial charge is 0.484 e. The van der Waals surface area contributed by atoms with Crippen LogP contribution >= 0.6 is 0 Å². The molecule has 1 amide bonds. The van der Waals surface area contributed by atoms with Crippen molar-refractivity contribution >= 4 is 21.4 Å². The molecule has 0 spiro atoms. The van der Waals surface area contributed by atoms with Gasteiger partial charge in [0.05, 0.1) is 11.8 Å². The Hall–Kier alpha value is -2.60. The van der Waals surface area contributed by atoms with Crippen molar-refractivity contribution in [3.8, 4) is 5.75 Å². The molecule has 1 aliphatic heterocycles. The SMILES string of the molecule is Cc1ccc(N(C(=O)COc2ccccc2)[C@H]2C=CS(=O)(=O)C2)cc1. The fourth-order valence-corrected chi connectivity index (χ4v) is 3.95. The molecule has 0 saturated heterocycles. The van der Waals surface area contributed by atoms with Gasteiger partial charge in [0.25, 0.3) is 5.91 Å². The summed E-state index contributed by atoms with van der Waals surface area (Å²) in [6.07, 6.45) is 1.55. The minimum Gasteiger partial charge on any atom is -0.484 e. The van der Waals surface area contributed by atoms with Crippen molar-refractivity contribution in [2.75, 3.05) is 17.3 Å². The fraction of sp³-hybridized carbons (Fsp3) is 0.211. The number of amides is 1. The van der Waals surface area contributed by atoms with Crippen molar-refractivity contribution in [1.82, 2.24) is 0 Å². The Morgan fingerprint density at radius 1 is 1.12 bits per heavy atom. The molecule has 6 heteroatoms. The molecule has 3 rings (SSSR count). The topological polar surface area (TPSA) is 63.7 Å². The predicted octanol–water partition coefficient (Wildman–Crippen LogP) is 2.72. The Balaban J connectivity index is 1.82. The highest BCUT2D eigenvalue weighted by Crippen LogP contribution is 2.23. The van der Waals surface area contributed by atoms with Gasteiger partial charge in [0.1, 0.15) is 5.75 Å². The molecule has 2 aromatic rings. The van der Waals surface area contributed by atoms with Crippen molar-refractivity contribution in [1.29, 1.82) is 0 Å². The molecule has 1 atom stereocenters. The van der Waals surface area contributed by atoms with Gasteiger partial charge in [0, 0.05) is 11.1 Å². The molecule has 25 heavy (non-hydrogen) atoms. The normalized spacial score (nSPS) is 18.0. The summed E-state index contributed by atoms with van der Waals surface area (Å²) in [5.41, 5.74) is 1.71. The predicted molar refractivity (Wildman–Crippen MR) is 97.3 cm³/mol. The number of hydrogen-bond donors (Lipinski definition) is 0. The number of carbonyl (C=O) groups excluding carboxylic acids is 1. The van der Waals surface area contributed by atoms with E-state index in [0.29, 0.717) is 11.4 Å². The minimum atomic E-state index is -3.27. The maximum absolute atomic E-state index is 12.8. The van der Waals surface area contributed by atoms with E-state index in [-0.39, 0.29) is 18.3 Å². The second-order valence-electron chi connectivity index (χ2n) is 5.93. The molecule has 0 saturated carbocycles. The van der Waals surface area contributed by atoms with E-state index in [9.17, 15) is 13.2 Å². The van der Waals surface area contributed by atoms with Crippen LogP contribution in [-0.2, 0) is 14.6 Å². The first kappa shape index (κ1) is 17.2. The summed E-state index contributed by atoms with van der Waals surface area (Å²) in [5.74, 6) is 0.187. The smallest absolute Gasteiger partial charge is 0.265 e. The number of nitrogens with zero attached hydrogens (tertiary/aromatic N) is 1. The lowest BCUT2D eigenvalue weighted by molar-refractivity contribution is -0.120. The van der Waals surface area contributed by atoms with Gasteiger partial charge < -0.3 is 9.64 Å². The first-order chi connectivity index (χ1) is 11.9. The third-order valence-electron chi connectivity index (χ3n) is 3.93. The minimum absolute atomic E-state index is 0.113. The first-order valence-corrected chi connectivity index (χ1v) is 9.64. The zero-order valence-corrected chi connectivity index (χ0v) is 14.6. The van der Waals surface area contributed by atoms with Gasteiger partial charge >= 0.3 is 0 Å². The monoisotopic (exact) mass is 357 g/mol. The van der Waals surface area contributed by atoms with E-state index in [1.165, 1.54) is 10.3 Å². The summed E-state index contributed by atoms with van der Waals surface area (Å²) in [6.45, 7) is 1.79. The Labute approximate surface area is 147 Å². The number of anilines is 1. The van der Waals surface area contributed by atoms with Crippen LogP contribution in [0.2, 0.25) is 0 Å². The van der Waals surface area contributed by atoms with Gasteiger partial charge in [0.2, 0.25) is 0 Å². The van der Waals surface area contributed by atoms with E-state index < -0.39 is 15.9 Å². The van der Waals surface area contributed by atoms with Crippen molar-refractivity contribution in [3.05, 3.63) is 71.6 Å². The highest BCUT2D eigenvalue weighted by atomic mass is 32.2. The Kier molecular flexibility index (Phi) is 4.90. The molecule has 1 heterocycles. The summed E-state index contributed by atoms with van der Waals surface area (Å²) in [6, 6.07) is 15.9. The number of ether oxygens (including phenoxy) is 1. The standard InChI is InChI=1S/C19H19NO4S/c1-15-7-9-16(10-8-15)20(17-11-12-25(22,23)14-17)19(21)13-24-18-5-3-2-4-6-18/h2-12,17H,13-14H2,1H3/t17-/m0/s1. The van der Waals surface area contributed by atoms with Gasteiger partial charge in [-0.05, 0) is 37.3 Å². The van der Waals surface area contributed by atoms with E-state index in [0.717, 1.165) is 5.56 Å². The molecule has 0 unspecified atom stereocenters. The molecule has 0 aliphatic carbocycles. The van der Waals surface area contributed by atoms with E-state index in [1.54, 1.807) is 18.2 Å². The van der Waals surface area contributed by atoms with Gasteiger partial charge in [-0.1, -0.05) is 35.9 Å². The number of carbonyl (C=O) groups is 1. The molecule has 1 aliphatic rings. The average molecular weight is 357 g/mol. The highest BCUT2D eigenvalue weighted by Gasteiger charge is 2.31. The van der Waals surface area contributed by atoms with Crippen LogP contribution in [-0.4, -0.2) is 32.7 Å². The van der Waals surface area contributed by atoms with Gasteiger partial charge in [-0.2, -0.15) is 0 Å². The fourth-order valence-electron chi connectivity index (χ4n) is 2.68. The number of benzene rings is 2. The molecule has 0 N–H and O–H groups in total. The molecule has 0 bridgehead atoms. The third kappa shape index (κ3) is 4.28. The highest BCUT2D eigenvalue weighted by molar-refractivity contribution is 7.94. The second kappa shape index (κ2) is 7.11. The zero-order chi connectivity index (χ0) is 17.9. The average Bonchev–Trinajstić information content (AvgIpc) is 2.95. The summed E-state index contributed by atoms with van der Waals surface area (Å²) in [4.78, 5) is 14.3. The number of sulfone groups is 1. The molecule has 2 aromatic carbocycles. The Morgan fingerprint density at radius 2 is 1.80 bits per heavy atom. The Morgan fingerprint density at radius 3 is 2.40 bits per heavy atom. The van der Waals surface area contributed by atoms with Crippen molar-refractivity contribution in [2.24, 2.45) is 0 Å². The summed E-state index contributed by atoms with van der Waals surface area (Å²) >= 11 is 0. The lowest BCUT2D eigenvalue weighted by Crippen LogP contribution is -2.43. The van der Waals surface area contributed by atoms with Crippen LogP contribution in [0.15, 0.2) is 66.1 Å². The molecule has 0 fully saturated rings. The summed E-state index contributed by atoms with van der Waals surface area (Å²) < 4.78 is 29.1. The third-order valence-corrected chi connectivity index (χ3v) is 5.31. The molecular formula is C19H19NO4S. The van der Waals surface area contributed by atoms with E-state index in [4.69, 9.17) is 4.74 Å². The molecule has 5 nitrogen and oxygen atoms in total. The summed E-state index contributed by atoms with van der Waals surface area (Å²) in [5, 5.41) is 1.17. The van der Waals surface area contributed by atoms with Crippen LogP contribution in [0.4, 0.5) is 5.69 Å². The van der Waals surface area contributed by atoms with E-state index in [1.807, 2.05) is 49.4 Å². The second-order valence-corrected chi connectivity index (χ2v) is 7.86. The zero-order valence-electron chi connectivity index (χ0n) is 13.8. The molecule has 130 valence electrons. The van der Waals surface area contributed by atoms with Crippen molar-refractivity contribution < 1.29 is 17.9 Å². The van der Waals surface area contributed by atoms with Gasteiger partial charge in [-0.15, -0.1) is 0 Å².